The van der Waals surface area contributed by atoms with Crippen LogP contribution >= 0.6 is 15.9 Å². The Morgan fingerprint density at radius 1 is 1.31 bits per heavy atom. The molecule has 0 aliphatic heterocycles. The molecule has 2 N–H and O–H groups in total. The van der Waals surface area contributed by atoms with Crippen molar-refractivity contribution >= 4 is 15.9 Å². The summed E-state index contributed by atoms with van der Waals surface area (Å²) < 4.78 is 15.6. The minimum absolute atomic E-state index is 0.240. The molecule has 0 aliphatic rings. The van der Waals surface area contributed by atoms with Crippen LogP contribution in [0.2, 0.25) is 0 Å². The summed E-state index contributed by atoms with van der Waals surface area (Å²) in [4.78, 5) is 0. The van der Waals surface area contributed by atoms with E-state index in [0.717, 1.165) is 11.3 Å². The number of benzene rings is 1. The molecule has 1 aromatic carbocycles. The standard InChI is InChI=1S/C12H12BrFN2/c13-11-6-9(3-4-12(11)14)8-16-5-1-2-10(16)7-15/h1-6H,7-8,15H2. The third-order valence-electron chi connectivity index (χ3n) is 2.47. The molecule has 0 saturated carbocycles. The molecule has 0 saturated heterocycles. The van der Waals surface area contributed by atoms with Gasteiger partial charge in [-0.15, -0.1) is 0 Å². The Morgan fingerprint density at radius 3 is 2.81 bits per heavy atom. The van der Waals surface area contributed by atoms with Crippen molar-refractivity contribution in [3.63, 3.8) is 0 Å². The van der Waals surface area contributed by atoms with Gasteiger partial charge in [0.05, 0.1) is 4.47 Å². The predicted molar refractivity (Wildman–Crippen MR) is 65.5 cm³/mol. The van der Waals surface area contributed by atoms with E-state index in [1.54, 1.807) is 12.1 Å². The number of halogens is 2. The van der Waals surface area contributed by atoms with E-state index in [1.807, 2.05) is 18.3 Å². The summed E-state index contributed by atoms with van der Waals surface area (Å²) in [6, 6.07) is 8.97. The lowest BCUT2D eigenvalue weighted by molar-refractivity contribution is 0.619. The molecule has 0 aliphatic carbocycles. The fraction of sp³-hybridized carbons (Fsp3) is 0.167. The van der Waals surface area contributed by atoms with Crippen LogP contribution in [0.1, 0.15) is 11.3 Å². The molecular weight excluding hydrogens is 271 g/mol. The van der Waals surface area contributed by atoms with Crippen LogP contribution in [-0.2, 0) is 13.1 Å². The van der Waals surface area contributed by atoms with Crippen LogP contribution in [-0.4, -0.2) is 4.57 Å². The van der Waals surface area contributed by atoms with E-state index in [-0.39, 0.29) is 5.82 Å². The lowest BCUT2D eigenvalue weighted by atomic mass is 10.2. The Balaban J connectivity index is 2.24. The van der Waals surface area contributed by atoms with Gasteiger partial charge in [-0.2, -0.15) is 0 Å². The first-order valence-corrected chi connectivity index (χ1v) is 5.78. The average Bonchev–Trinajstić information content (AvgIpc) is 2.71. The summed E-state index contributed by atoms with van der Waals surface area (Å²) >= 11 is 3.18. The van der Waals surface area contributed by atoms with E-state index in [0.29, 0.717) is 17.6 Å². The second-order valence-electron chi connectivity index (χ2n) is 3.58. The molecule has 2 nitrogen and oxygen atoms in total. The second kappa shape index (κ2) is 4.80. The Labute approximate surface area is 102 Å². The van der Waals surface area contributed by atoms with Gasteiger partial charge in [0.2, 0.25) is 0 Å². The first kappa shape index (κ1) is 11.4. The number of aromatic nitrogens is 1. The highest BCUT2D eigenvalue weighted by molar-refractivity contribution is 9.10. The van der Waals surface area contributed by atoms with E-state index in [4.69, 9.17) is 5.73 Å². The van der Waals surface area contributed by atoms with Crippen LogP contribution in [0.3, 0.4) is 0 Å². The van der Waals surface area contributed by atoms with E-state index >= 15 is 0 Å². The van der Waals surface area contributed by atoms with E-state index < -0.39 is 0 Å². The van der Waals surface area contributed by atoms with Crippen LogP contribution in [0.15, 0.2) is 41.0 Å². The molecule has 0 bridgehead atoms. The Bertz CT molecular complexity index is 494. The topological polar surface area (TPSA) is 30.9 Å². The zero-order valence-corrected chi connectivity index (χ0v) is 10.2. The van der Waals surface area contributed by atoms with Gasteiger partial charge < -0.3 is 10.3 Å². The van der Waals surface area contributed by atoms with Crippen LogP contribution in [0.25, 0.3) is 0 Å². The SMILES string of the molecule is NCc1cccn1Cc1ccc(F)c(Br)c1. The zero-order valence-electron chi connectivity index (χ0n) is 8.66. The van der Waals surface area contributed by atoms with E-state index in [1.165, 1.54) is 6.07 Å². The van der Waals surface area contributed by atoms with Gasteiger partial charge in [-0.1, -0.05) is 6.07 Å². The molecule has 1 aromatic heterocycles. The fourth-order valence-corrected chi connectivity index (χ4v) is 2.05. The lowest BCUT2D eigenvalue weighted by Gasteiger charge is -2.08. The molecule has 2 rings (SSSR count). The third kappa shape index (κ3) is 2.33. The van der Waals surface area contributed by atoms with Crippen molar-refractivity contribution in [3.05, 3.63) is 58.1 Å². The fourth-order valence-electron chi connectivity index (χ4n) is 1.62. The van der Waals surface area contributed by atoms with Crippen molar-refractivity contribution in [3.8, 4) is 0 Å². The molecule has 0 spiro atoms. The number of hydrogen-bond donors (Lipinski definition) is 1. The molecule has 0 unspecified atom stereocenters. The third-order valence-corrected chi connectivity index (χ3v) is 3.08. The first-order chi connectivity index (χ1) is 7.70. The second-order valence-corrected chi connectivity index (χ2v) is 4.43. The molecule has 4 heteroatoms. The number of nitrogens with zero attached hydrogens (tertiary/aromatic N) is 1. The van der Waals surface area contributed by atoms with E-state index in [2.05, 4.69) is 20.5 Å². The molecule has 2 aromatic rings. The highest BCUT2D eigenvalue weighted by atomic mass is 79.9. The number of nitrogens with two attached hydrogens (primary N) is 1. The molecule has 0 amide bonds. The van der Waals surface area contributed by atoms with Crippen LogP contribution in [0.4, 0.5) is 4.39 Å². The maximum atomic E-state index is 13.0. The normalized spacial score (nSPS) is 10.7. The van der Waals surface area contributed by atoms with Gasteiger partial charge in [0.25, 0.3) is 0 Å². The van der Waals surface area contributed by atoms with Gasteiger partial charge in [0, 0.05) is 25.0 Å². The average molecular weight is 283 g/mol. The van der Waals surface area contributed by atoms with Gasteiger partial charge in [0.15, 0.2) is 0 Å². The predicted octanol–water partition coefficient (Wildman–Crippen LogP) is 2.90. The summed E-state index contributed by atoms with van der Waals surface area (Å²) in [7, 11) is 0. The number of hydrogen-bond acceptors (Lipinski definition) is 1. The quantitative estimate of drug-likeness (QED) is 0.922. The highest BCUT2D eigenvalue weighted by Crippen LogP contribution is 2.18. The van der Waals surface area contributed by atoms with E-state index in [9.17, 15) is 4.39 Å². The summed E-state index contributed by atoms with van der Waals surface area (Å²) in [5, 5.41) is 0. The Kier molecular flexibility index (Phi) is 3.41. The van der Waals surface area contributed by atoms with Gasteiger partial charge in [-0.3, -0.25) is 0 Å². The Hall–Kier alpha value is -1.13. The highest BCUT2D eigenvalue weighted by Gasteiger charge is 2.03. The molecule has 0 radical (unpaired) electrons. The smallest absolute Gasteiger partial charge is 0.137 e. The van der Waals surface area contributed by atoms with Crippen LogP contribution in [0.5, 0.6) is 0 Å². The number of rotatable bonds is 3. The lowest BCUT2D eigenvalue weighted by Crippen LogP contribution is -2.07. The van der Waals surface area contributed by atoms with Crippen molar-refractivity contribution in [2.24, 2.45) is 5.73 Å². The van der Waals surface area contributed by atoms with Crippen molar-refractivity contribution in [2.75, 3.05) is 0 Å². The molecule has 84 valence electrons. The van der Waals surface area contributed by atoms with Crippen molar-refractivity contribution < 1.29 is 4.39 Å². The summed E-state index contributed by atoms with van der Waals surface area (Å²) in [5.41, 5.74) is 7.72. The zero-order chi connectivity index (χ0) is 11.5. The van der Waals surface area contributed by atoms with Gasteiger partial charge >= 0.3 is 0 Å². The summed E-state index contributed by atoms with van der Waals surface area (Å²) in [5.74, 6) is -0.240. The van der Waals surface area contributed by atoms with Gasteiger partial charge in [-0.05, 0) is 45.8 Å². The van der Waals surface area contributed by atoms with Crippen molar-refractivity contribution in [1.82, 2.24) is 4.57 Å². The van der Waals surface area contributed by atoms with Crippen molar-refractivity contribution in [2.45, 2.75) is 13.1 Å². The largest absolute Gasteiger partial charge is 0.346 e. The van der Waals surface area contributed by atoms with Gasteiger partial charge in [0.1, 0.15) is 5.82 Å². The molecule has 0 atom stereocenters. The van der Waals surface area contributed by atoms with Crippen LogP contribution < -0.4 is 5.73 Å². The maximum absolute atomic E-state index is 13.0. The van der Waals surface area contributed by atoms with Crippen molar-refractivity contribution in [1.29, 1.82) is 0 Å². The minimum Gasteiger partial charge on any atom is -0.346 e. The molecular formula is C12H12BrFN2. The Morgan fingerprint density at radius 2 is 2.12 bits per heavy atom. The first-order valence-electron chi connectivity index (χ1n) is 4.98. The monoisotopic (exact) mass is 282 g/mol. The summed E-state index contributed by atoms with van der Waals surface area (Å²) in [6.07, 6.45) is 1.97. The maximum Gasteiger partial charge on any atom is 0.137 e. The minimum atomic E-state index is -0.240. The molecule has 0 fully saturated rings. The van der Waals surface area contributed by atoms with Gasteiger partial charge in [-0.25, -0.2) is 4.39 Å². The van der Waals surface area contributed by atoms with Crippen LogP contribution in [0, 0.1) is 5.82 Å². The molecule has 16 heavy (non-hydrogen) atoms. The molecule has 1 heterocycles. The summed E-state index contributed by atoms with van der Waals surface area (Å²) in [6.45, 7) is 1.22.